The zero-order chi connectivity index (χ0) is 52.8. The molecule has 0 saturated carbocycles. The van der Waals surface area contributed by atoms with Crippen molar-refractivity contribution < 1.29 is 27.4 Å². The van der Waals surface area contributed by atoms with Crippen molar-refractivity contribution in [2.75, 3.05) is 61.7 Å². The Morgan fingerprint density at radius 1 is 0.566 bits per heavy atom. The summed E-state index contributed by atoms with van der Waals surface area (Å²) in [5.41, 5.74) is 2.22. The van der Waals surface area contributed by atoms with Crippen LogP contribution in [0.15, 0.2) is 47.0 Å². The summed E-state index contributed by atoms with van der Waals surface area (Å²) in [6, 6.07) is 6.93. The van der Waals surface area contributed by atoms with Crippen LogP contribution in [0.1, 0.15) is 89.5 Å². The van der Waals surface area contributed by atoms with Crippen LogP contribution in [0.3, 0.4) is 0 Å². The second-order valence-electron chi connectivity index (χ2n) is 18.9. The number of hydrogen-bond donors (Lipinski definition) is 0. The van der Waals surface area contributed by atoms with Gasteiger partial charge in [0.1, 0.15) is 43.0 Å². The summed E-state index contributed by atoms with van der Waals surface area (Å²) < 4.78 is 53.4. The average Bonchev–Trinajstić information content (AvgIpc) is 4.10. The number of aromatic nitrogens is 10. The van der Waals surface area contributed by atoms with Crippen molar-refractivity contribution in [1.29, 1.82) is 0 Å². The summed E-state index contributed by atoms with van der Waals surface area (Å²) in [4.78, 5) is 31.6. The Hall–Kier alpha value is -4.48. The van der Waals surface area contributed by atoms with Crippen LogP contribution in [0.4, 0.5) is 11.6 Å². The molecule has 12 rings (SSSR count). The molecule has 4 saturated heterocycles. The topological polar surface area (TPSA) is 191 Å². The number of benzene rings is 2. The van der Waals surface area contributed by atoms with E-state index in [0.29, 0.717) is 62.2 Å². The Kier molecular flexibility index (Phi) is 16.0. The number of halogens is 6. The molecule has 76 heavy (non-hydrogen) atoms. The minimum absolute atomic E-state index is 0.0183. The number of nitrogens with zero attached hydrogens (tertiary/aromatic N) is 12. The summed E-state index contributed by atoms with van der Waals surface area (Å²) >= 11 is 40.9. The molecule has 10 heterocycles. The lowest BCUT2D eigenvalue weighted by Crippen LogP contribution is -2.31. The second kappa shape index (κ2) is 22.7. The summed E-state index contributed by atoms with van der Waals surface area (Å²) in [5.74, 6) is 2.09. The molecule has 2 unspecified atom stereocenters. The van der Waals surface area contributed by atoms with E-state index < -0.39 is 9.84 Å². The molecule has 26 heteroatoms. The maximum Gasteiger partial charge on any atom is 0.249 e. The lowest BCUT2D eigenvalue weighted by Gasteiger charge is -2.29. The molecule has 4 aliphatic heterocycles. The van der Waals surface area contributed by atoms with Crippen molar-refractivity contribution in [2.24, 2.45) is 0 Å². The largest absolute Gasteiger partial charge is 0.435 e. The molecule has 0 aliphatic carbocycles. The van der Waals surface area contributed by atoms with Gasteiger partial charge >= 0.3 is 0 Å². The Morgan fingerprint density at radius 2 is 1.03 bits per heavy atom. The van der Waals surface area contributed by atoms with Gasteiger partial charge in [-0.3, -0.25) is 0 Å². The normalized spacial score (nSPS) is 18.6. The molecule has 8 aromatic rings. The SMILES string of the molecule is CS(=O)(=O)c1nc(N2CCCCC2)c2cc(Cl)nc(Oc3c(Cl)c(Cl)cc4c3cnn4C3CCCCO3)c2n1.CSc1nc(N2CCCCC2)c2cc(Cl)nc(Oc3c(Cl)c(Cl)cc4c3cnn4C3CCCCO3)c2n1. The monoisotopic (exact) mass is 1190 g/mol. The van der Waals surface area contributed by atoms with Gasteiger partial charge in [-0.1, -0.05) is 81.4 Å². The van der Waals surface area contributed by atoms with Gasteiger partial charge in [0.2, 0.25) is 26.8 Å². The highest BCUT2D eigenvalue weighted by atomic mass is 35.5. The highest BCUT2D eigenvalue weighted by Crippen LogP contribution is 2.47. The van der Waals surface area contributed by atoms with Crippen LogP contribution in [0.5, 0.6) is 23.3 Å². The smallest absolute Gasteiger partial charge is 0.249 e. The highest BCUT2D eigenvalue weighted by Gasteiger charge is 2.29. The van der Waals surface area contributed by atoms with Crippen LogP contribution in [0.2, 0.25) is 30.4 Å². The lowest BCUT2D eigenvalue weighted by molar-refractivity contribution is -0.0367. The molecule has 0 amide bonds. The van der Waals surface area contributed by atoms with Crippen LogP contribution in [-0.4, -0.2) is 110 Å². The third-order valence-electron chi connectivity index (χ3n) is 13.7. The third kappa shape index (κ3) is 10.8. The van der Waals surface area contributed by atoms with E-state index in [-0.39, 0.29) is 66.0 Å². The first-order valence-electron chi connectivity index (χ1n) is 25.0. The molecule has 18 nitrogen and oxygen atoms in total. The fourth-order valence-corrected chi connectivity index (χ4v) is 12.1. The zero-order valence-electron chi connectivity index (χ0n) is 41.2. The molecular weight excluding hydrogens is 1140 g/mol. The second-order valence-corrected chi connectivity index (χ2v) is 23.9. The van der Waals surface area contributed by atoms with Crippen molar-refractivity contribution in [3.8, 4) is 23.3 Å². The van der Waals surface area contributed by atoms with E-state index in [9.17, 15) is 8.42 Å². The van der Waals surface area contributed by atoms with E-state index in [1.54, 1.807) is 41.3 Å². The van der Waals surface area contributed by atoms with E-state index >= 15 is 0 Å². The van der Waals surface area contributed by atoms with Gasteiger partial charge in [0.15, 0.2) is 29.1 Å². The quantitative estimate of drug-likeness (QED) is 0.0713. The van der Waals surface area contributed by atoms with Crippen molar-refractivity contribution in [3.63, 3.8) is 0 Å². The first-order valence-corrected chi connectivity index (χ1v) is 30.4. The van der Waals surface area contributed by atoms with Gasteiger partial charge in [-0.25, -0.2) is 37.7 Å². The number of anilines is 2. The maximum absolute atomic E-state index is 12.6. The Balaban J connectivity index is 0.000000162. The Bertz CT molecular complexity index is 3630. The van der Waals surface area contributed by atoms with Crippen LogP contribution in [0, 0.1) is 0 Å². The minimum atomic E-state index is -3.75. The summed E-state index contributed by atoms with van der Waals surface area (Å²) in [6.07, 6.45) is 18.3. The van der Waals surface area contributed by atoms with Gasteiger partial charge in [0.25, 0.3) is 0 Å². The van der Waals surface area contributed by atoms with E-state index in [1.165, 1.54) is 18.2 Å². The lowest BCUT2D eigenvalue weighted by atomic mass is 10.1. The predicted molar refractivity (Wildman–Crippen MR) is 299 cm³/mol. The van der Waals surface area contributed by atoms with E-state index in [0.717, 1.165) is 120 Å². The van der Waals surface area contributed by atoms with E-state index in [2.05, 4.69) is 35.0 Å². The number of piperidine rings is 2. The highest BCUT2D eigenvalue weighted by molar-refractivity contribution is 7.98. The maximum atomic E-state index is 12.6. The van der Waals surface area contributed by atoms with Gasteiger partial charge in [-0.2, -0.15) is 20.2 Å². The van der Waals surface area contributed by atoms with Crippen molar-refractivity contribution in [2.45, 2.75) is 99.8 Å². The Morgan fingerprint density at radius 3 is 1.46 bits per heavy atom. The minimum Gasteiger partial charge on any atom is -0.435 e. The zero-order valence-corrected chi connectivity index (χ0v) is 47.4. The molecule has 0 radical (unpaired) electrons. The number of hydrogen-bond acceptors (Lipinski definition) is 17. The van der Waals surface area contributed by atoms with Crippen molar-refractivity contribution in [1.82, 2.24) is 49.5 Å². The molecular formula is C50H50Cl6N12O6S2. The third-order valence-corrected chi connectivity index (χ3v) is 17.1. The average molecular weight is 1190 g/mol. The number of ether oxygens (including phenoxy) is 4. The van der Waals surface area contributed by atoms with Crippen molar-refractivity contribution in [3.05, 3.63) is 67.1 Å². The fourth-order valence-electron chi connectivity index (χ4n) is 10.0. The van der Waals surface area contributed by atoms with Gasteiger partial charge in [0.05, 0.1) is 55.0 Å². The van der Waals surface area contributed by atoms with Crippen LogP contribution >= 0.6 is 81.4 Å². The first-order chi connectivity index (χ1) is 36.7. The van der Waals surface area contributed by atoms with Gasteiger partial charge < -0.3 is 28.7 Å². The number of sulfone groups is 1. The molecule has 4 fully saturated rings. The fraction of sp³-hybridized carbons (Fsp3) is 0.440. The molecule has 2 atom stereocenters. The molecule has 0 spiro atoms. The Labute approximate surface area is 471 Å². The van der Waals surface area contributed by atoms with Gasteiger partial charge in [-0.05, 0) is 108 Å². The van der Waals surface area contributed by atoms with Crippen LogP contribution in [-0.2, 0) is 19.3 Å². The summed E-state index contributed by atoms with van der Waals surface area (Å²) in [6.45, 7) is 4.67. The summed E-state index contributed by atoms with van der Waals surface area (Å²) in [7, 11) is -3.75. The standard InChI is InChI=1S/C25H25Cl3N6O4S.C25H25Cl3N6O2S/c1-39(35,36)25-31-21-14(23(32-25)33-8-4-2-5-9-33)11-18(27)30-24(21)38-22-15-13-29-34(19-7-3-6-10-37-19)17(15)12-16(26)20(22)28;1-37-25-31-21-14(23(32-25)33-8-4-2-5-9-33)11-18(27)30-24(21)36-22-15-13-29-34(19-7-3-6-10-35-19)17(15)12-16(26)20(22)28/h11-13,19H,2-10H2,1H3;11-13,19H,2-10H2,1H3. The van der Waals surface area contributed by atoms with Crippen LogP contribution < -0.4 is 19.3 Å². The van der Waals surface area contributed by atoms with E-state index in [1.807, 2.05) is 15.8 Å². The molecule has 6 aromatic heterocycles. The van der Waals surface area contributed by atoms with Crippen LogP contribution in [0.25, 0.3) is 43.6 Å². The number of fused-ring (bicyclic) bond motifs is 4. The number of pyridine rings is 2. The molecule has 4 aliphatic rings. The number of thioether (sulfide) groups is 1. The molecule has 0 bridgehead atoms. The van der Waals surface area contributed by atoms with Crippen molar-refractivity contribution >= 4 is 146 Å². The number of rotatable bonds is 10. The van der Waals surface area contributed by atoms with Gasteiger partial charge in [0, 0.05) is 45.6 Å². The predicted octanol–water partition coefficient (Wildman–Crippen LogP) is 13.8. The first kappa shape index (κ1) is 53.5. The molecule has 400 valence electrons. The van der Waals surface area contributed by atoms with E-state index in [4.69, 9.17) is 98.5 Å². The molecule has 2 aromatic carbocycles. The molecule has 0 N–H and O–H groups in total. The van der Waals surface area contributed by atoms with Gasteiger partial charge in [-0.15, -0.1) is 0 Å². The summed E-state index contributed by atoms with van der Waals surface area (Å²) in [5, 5.41) is 13.5.